The van der Waals surface area contributed by atoms with Gasteiger partial charge in [0.15, 0.2) is 0 Å². The van der Waals surface area contributed by atoms with Crippen LogP contribution in [-0.2, 0) is 4.79 Å². The molecule has 1 aromatic heterocycles. The number of carboxylic acid groups (broad SMARTS) is 1. The fourth-order valence-corrected chi connectivity index (χ4v) is 1.44. The molecule has 0 radical (unpaired) electrons. The normalized spacial score (nSPS) is 19.0. The number of thioether (sulfide) groups is 1. The SMILES string of the molecule is CSc1nc2n(n1)C(=O)C(C(=O)[O-])C=N2. The first-order valence-electron chi connectivity index (χ1n) is 3.94. The molecule has 2 rings (SSSR count). The Labute approximate surface area is 88.2 Å². The zero-order chi connectivity index (χ0) is 11.0. The molecule has 0 bridgehead atoms. The second-order valence-corrected chi connectivity index (χ2v) is 3.50. The molecule has 8 heteroatoms. The number of hydrogen-bond acceptors (Lipinski definition) is 7. The number of aliphatic carboxylic acids is 1. The van der Waals surface area contributed by atoms with Crippen LogP contribution in [-0.4, -0.2) is 39.1 Å². The molecule has 1 atom stereocenters. The maximum Gasteiger partial charge on any atom is 0.264 e. The van der Waals surface area contributed by atoms with Gasteiger partial charge in [0.25, 0.3) is 11.9 Å². The molecule has 0 N–H and O–H groups in total. The van der Waals surface area contributed by atoms with Crippen molar-refractivity contribution in [3.63, 3.8) is 0 Å². The minimum atomic E-state index is -1.49. The van der Waals surface area contributed by atoms with Gasteiger partial charge in [0, 0.05) is 6.21 Å². The van der Waals surface area contributed by atoms with E-state index >= 15 is 0 Å². The topological polar surface area (TPSA) is 100 Å². The van der Waals surface area contributed by atoms with Crippen LogP contribution in [0.3, 0.4) is 0 Å². The number of hydrogen-bond donors (Lipinski definition) is 0. The Bertz CT molecular complexity index is 467. The fourth-order valence-electron chi connectivity index (χ4n) is 1.10. The number of aliphatic imine (C=N–C) groups is 1. The van der Waals surface area contributed by atoms with E-state index < -0.39 is 17.8 Å². The number of aromatic nitrogens is 3. The van der Waals surface area contributed by atoms with Crippen LogP contribution in [0.5, 0.6) is 0 Å². The van der Waals surface area contributed by atoms with Gasteiger partial charge in [-0.05, 0) is 6.26 Å². The molecule has 0 aromatic carbocycles. The van der Waals surface area contributed by atoms with Crippen LogP contribution < -0.4 is 5.11 Å². The molecule has 78 valence electrons. The lowest BCUT2D eigenvalue weighted by molar-refractivity contribution is -0.306. The molecule has 7 nitrogen and oxygen atoms in total. The zero-order valence-corrected chi connectivity index (χ0v) is 8.39. The minimum Gasteiger partial charge on any atom is -0.549 e. The third-order valence-corrected chi connectivity index (χ3v) is 2.36. The molecule has 1 aliphatic rings. The van der Waals surface area contributed by atoms with E-state index in [1.165, 1.54) is 11.8 Å². The number of nitrogens with zero attached hydrogens (tertiary/aromatic N) is 4. The molecule has 0 aliphatic carbocycles. The Morgan fingerprint density at radius 1 is 1.67 bits per heavy atom. The van der Waals surface area contributed by atoms with Crippen LogP contribution >= 0.6 is 11.8 Å². The van der Waals surface area contributed by atoms with E-state index in [9.17, 15) is 14.7 Å². The highest BCUT2D eigenvalue weighted by atomic mass is 32.2. The summed E-state index contributed by atoms with van der Waals surface area (Å²) >= 11 is 1.24. The van der Waals surface area contributed by atoms with Crippen LogP contribution in [0.2, 0.25) is 0 Å². The van der Waals surface area contributed by atoms with Crippen molar-refractivity contribution in [2.24, 2.45) is 10.9 Å². The van der Waals surface area contributed by atoms with Crippen molar-refractivity contribution < 1.29 is 14.7 Å². The monoisotopic (exact) mass is 225 g/mol. The van der Waals surface area contributed by atoms with Crippen LogP contribution in [0.4, 0.5) is 5.95 Å². The van der Waals surface area contributed by atoms with E-state index in [0.717, 1.165) is 10.9 Å². The lowest BCUT2D eigenvalue weighted by Gasteiger charge is -2.14. The first kappa shape index (κ1) is 9.84. The molecule has 15 heavy (non-hydrogen) atoms. The van der Waals surface area contributed by atoms with Crippen molar-refractivity contribution in [1.29, 1.82) is 0 Å². The predicted octanol–water partition coefficient (Wildman–Crippen LogP) is -1.28. The summed E-state index contributed by atoms with van der Waals surface area (Å²) in [6.45, 7) is 0. The summed E-state index contributed by atoms with van der Waals surface area (Å²) < 4.78 is 0.881. The second-order valence-electron chi connectivity index (χ2n) is 2.72. The lowest BCUT2D eigenvalue weighted by Crippen LogP contribution is -2.41. The van der Waals surface area contributed by atoms with Gasteiger partial charge in [0.05, 0.1) is 5.97 Å². The van der Waals surface area contributed by atoms with E-state index in [1.54, 1.807) is 6.26 Å². The molecule has 0 spiro atoms. The Morgan fingerprint density at radius 3 is 3.00 bits per heavy atom. The van der Waals surface area contributed by atoms with Gasteiger partial charge >= 0.3 is 0 Å². The summed E-state index contributed by atoms with van der Waals surface area (Å²) in [5.74, 6) is -3.47. The molecule has 2 heterocycles. The summed E-state index contributed by atoms with van der Waals surface area (Å²) in [5.41, 5.74) is 0. The lowest BCUT2D eigenvalue weighted by atomic mass is 10.1. The van der Waals surface area contributed by atoms with Gasteiger partial charge in [0.1, 0.15) is 5.92 Å². The number of fused-ring (bicyclic) bond motifs is 1. The van der Waals surface area contributed by atoms with Crippen molar-refractivity contribution in [1.82, 2.24) is 14.8 Å². The average molecular weight is 225 g/mol. The van der Waals surface area contributed by atoms with E-state index in [0.29, 0.717) is 5.16 Å². The van der Waals surface area contributed by atoms with Crippen molar-refractivity contribution in [2.75, 3.05) is 6.26 Å². The Hall–Kier alpha value is -1.70. The van der Waals surface area contributed by atoms with E-state index in [-0.39, 0.29) is 5.95 Å². The van der Waals surface area contributed by atoms with Crippen LogP contribution in [0.25, 0.3) is 0 Å². The second kappa shape index (κ2) is 3.46. The Morgan fingerprint density at radius 2 is 2.40 bits per heavy atom. The number of rotatable bonds is 2. The van der Waals surface area contributed by atoms with Gasteiger partial charge in [-0.2, -0.15) is 9.67 Å². The molecule has 0 fully saturated rings. The molecular formula is C7H5N4O3S-. The van der Waals surface area contributed by atoms with Gasteiger partial charge in [-0.1, -0.05) is 11.8 Å². The standard InChI is InChI=1S/C7H6N4O3S/c1-15-7-9-6-8-2-3(5(13)14)4(12)11(6)10-7/h2-3H,1H3,(H,13,14)/p-1. The third kappa shape index (κ3) is 1.52. The highest BCUT2D eigenvalue weighted by Gasteiger charge is 2.28. The average Bonchev–Trinajstić information content (AvgIpc) is 2.61. The zero-order valence-electron chi connectivity index (χ0n) is 7.58. The number of carbonyl (C=O) groups is 2. The smallest absolute Gasteiger partial charge is 0.264 e. The van der Waals surface area contributed by atoms with Crippen molar-refractivity contribution in [3.05, 3.63) is 0 Å². The number of carboxylic acids is 1. The largest absolute Gasteiger partial charge is 0.549 e. The fraction of sp³-hybridized carbons (Fsp3) is 0.286. The predicted molar refractivity (Wildman–Crippen MR) is 49.1 cm³/mol. The Balaban J connectivity index is 2.44. The quantitative estimate of drug-likeness (QED) is 0.459. The van der Waals surface area contributed by atoms with Crippen LogP contribution in [0.1, 0.15) is 4.79 Å². The van der Waals surface area contributed by atoms with Crippen molar-refractivity contribution in [2.45, 2.75) is 5.16 Å². The van der Waals surface area contributed by atoms with Crippen LogP contribution in [0.15, 0.2) is 10.1 Å². The van der Waals surface area contributed by atoms with E-state index in [4.69, 9.17) is 0 Å². The van der Waals surface area contributed by atoms with Gasteiger partial charge in [0.2, 0.25) is 5.16 Å². The first-order chi connectivity index (χ1) is 7.13. The molecule has 0 saturated carbocycles. The molecule has 0 amide bonds. The number of carbonyl (C=O) groups excluding carboxylic acids is 2. The summed E-state index contributed by atoms with van der Waals surface area (Å²) in [6.07, 6.45) is 2.75. The van der Waals surface area contributed by atoms with E-state index in [1.807, 2.05) is 0 Å². The summed E-state index contributed by atoms with van der Waals surface area (Å²) in [4.78, 5) is 29.7. The molecule has 1 aliphatic heterocycles. The first-order valence-corrected chi connectivity index (χ1v) is 5.16. The van der Waals surface area contributed by atoms with Crippen LogP contribution in [0, 0.1) is 5.92 Å². The summed E-state index contributed by atoms with van der Waals surface area (Å²) in [5, 5.41) is 14.7. The highest BCUT2D eigenvalue weighted by molar-refractivity contribution is 7.98. The minimum absolute atomic E-state index is 0.0989. The van der Waals surface area contributed by atoms with Gasteiger partial charge in [-0.25, -0.2) is 4.99 Å². The Kier molecular flexibility index (Phi) is 2.27. The van der Waals surface area contributed by atoms with Crippen molar-refractivity contribution >= 4 is 35.8 Å². The molecule has 1 aromatic rings. The van der Waals surface area contributed by atoms with Gasteiger partial charge in [-0.15, -0.1) is 5.10 Å². The third-order valence-electron chi connectivity index (χ3n) is 1.82. The summed E-state index contributed by atoms with van der Waals surface area (Å²) in [7, 11) is 0. The molecule has 1 unspecified atom stereocenters. The van der Waals surface area contributed by atoms with Gasteiger partial charge in [-0.3, -0.25) is 4.79 Å². The summed E-state index contributed by atoms with van der Waals surface area (Å²) in [6, 6.07) is 0. The van der Waals surface area contributed by atoms with Gasteiger partial charge < -0.3 is 9.90 Å². The molecule has 0 saturated heterocycles. The van der Waals surface area contributed by atoms with Crippen molar-refractivity contribution in [3.8, 4) is 0 Å². The maximum absolute atomic E-state index is 11.5. The maximum atomic E-state index is 11.5. The molecular weight excluding hydrogens is 220 g/mol. The highest BCUT2D eigenvalue weighted by Crippen LogP contribution is 2.20. The van der Waals surface area contributed by atoms with E-state index in [2.05, 4.69) is 15.1 Å².